The van der Waals surface area contributed by atoms with Crippen molar-refractivity contribution < 1.29 is 42.9 Å². The number of carboxylic acid groups (broad SMARTS) is 1. The topological polar surface area (TPSA) is 145 Å². The Bertz CT molecular complexity index is 1780. The van der Waals surface area contributed by atoms with Gasteiger partial charge >= 0.3 is 5.97 Å². The van der Waals surface area contributed by atoms with Crippen molar-refractivity contribution in [3.8, 4) is 22.6 Å². The van der Waals surface area contributed by atoms with Gasteiger partial charge in [-0.05, 0) is 66.6 Å². The molecule has 10 nitrogen and oxygen atoms in total. The van der Waals surface area contributed by atoms with Crippen molar-refractivity contribution >= 4 is 63.8 Å². The SMILES string of the molecule is CCNC(=O)/C=C/COc1ccc(-c2ccc(F)c(F)c2)cc1/C=C1\SC(=S)N(CCC(=O)Nc2ccc(C(=O)O)c(O)c2)C1=O. The minimum Gasteiger partial charge on any atom is -0.507 e. The van der Waals surface area contributed by atoms with E-state index in [2.05, 4.69) is 10.6 Å². The fourth-order valence-corrected chi connectivity index (χ4v) is 5.53. The van der Waals surface area contributed by atoms with Crippen LogP contribution in [-0.2, 0) is 14.4 Å². The van der Waals surface area contributed by atoms with Gasteiger partial charge in [0.1, 0.15) is 28.0 Å². The summed E-state index contributed by atoms with van der Waals surface area (Å²) in [6.45, 7) is 2.22. The third kappa shape index (κ3) is 8.55. The van der Waals surface area contributed by atoms with Crippen molar-refractivity contribution in [1.82, 2.24) is 10.2 Å². The number of rotatable bonds is 12. The molecule has 1 aliphatic heterocycles. The van der Waals surface area contributed by atoms with Gasteiger partial charge in [0, 0.05) is 42.9 Å². The van der Waals surface area contributed by atoms with Crippen LogP contribution in [0.15, 0.2) is 71.7 Å². The van der Waals surface area contributed by atoms with Crippen LogP contribution in [0.5, 0.6) is 11.5 Å². The van der Waals surface area contributed by atoms with Crippen LogP contribution in [-0.4, -0.2) is 62.8 Å². The number of nitrogens with zero attached hydrogens (tertiary/aromatic N) is 1. The number of likely N-dealkylation sites (N-methyl/N-ethyl adjacent to an activating group) is 1. The number of thioether (sulfide) groups is 1. The maximum absolute atomic E-state index is 14.0. The van der Waals surface area contributed by atoms with Gasteiger partial charge < -0.3 is 25.6 Å². The van der Waals surface area contributed by atoms with E-state index in [1.54, 1.807) is 31.2 Å². The fraction of sp³-hybridized carbons (Fsp3) is 0.156. The zero-order chi connectivity index (χ0) is 33.4. The van der Waals surface area contributed by atoms with E-state index in [0.717, 1.165) is 36.0 Å². The Labute approximate surface area is 271 Å². The number of nitrogens with one attached hydrogen (secondary N) is 2. The Morgan fingerprint density at radius 1 is 1.04 bits per heavy atom. The molecule has 3 aromatic rings. The van der Waals surface area contributed by atoms with Crippen LogP contribution in [0.3, 0.4) is 0 Å². The lowest BCUT2D eigenvalue weighted by molar-refractivity contribution is -0.122. The lowest BCUT2D eigenvalue weighted by Gasteiger charge is -2.14. The Kier molecular flexibility index (Phi) is 11.2. The van der Waals surface area contributed by atoms with Crippen molar-refractivity contribution in [2.45, 2.75) is 13.3 Å². The normalized spacial score (nSPS) is 13.8. The van der Waals surface area contributed by atoms with Crippen LogP contribution in [0.25, 0.3) is 17.2 Å². The van der Waals surface area contributed by atoms with E-state index in [1.165, 1.54) is 29.2 Å². The summed E-state index contributed by atoms with van der Waals surface area (Å²) in [6, 6.07) is 12.0. The van der Waals surface area contributed by atoms with E-state index in [4.69, 9.17) is 22.1 Å². The molecule has 0 unspecified atom stereocenters. The number of ether oxygens (including phenoxy) is 1. The highest BCUT2D eigenvalue weighted by Gasteiger charge is 2.32. The number of carbonyl (C=O) groups is 4. The Hall–Kier alpha value is -5.08. The maximum Gasteiger partial charge on any atom is 0.339 e. The summed E-state index contributed by atoms with van der Waals surface area (Å²) in [4.78, 5) is 50.1. The highest BCUT2D eigenvalue weighted by atomic mass is 32.2. The van der Waals surface area contributed by atoms with Gasteiger partial charge in [0.05, 0.1) is 4.91 Å². The van der Waals surface area contributed by atoms with Crippen LogP contribution in [0.4, 0.5) is 14.5 Å². The molecular weight excluding hydrogens is 640 g/mol. The molecule has 0 saturated carbocycles. The third-order valence-electron chi connectivity index (χ3n) is 6.45. The molecule has 14 heteroatoms. The number of benzene rings is 3. The van der Waals surface area contributed by atoms with E-state index in [-0.39, 0.29) is 46.0 Å². The van der Waals surface area contributed by atoms with Gasteiger partial charge in [0.15, 0.2) is 11.6 Å². The predicted octanol–water partition coefficient (Wildman–Crippen LogP) is 5.34. The molecule has 0 atom stereocenters. The van der Waals surface area contributed by atoms with Crippen LogP contribution in [0.2, 0.25) is 0 Å². The summed E-state index contributed by atoms with van der Waals surface area (Å²) in [5.41, 5.74) is 1.19. The second-order valence-electron chi connectivity index (χ2n) is 9.66. The molecule has 1 aliphatic rings. The molecule has 1 heterocycles. The van der Waals surface area contributed by atoms with Crippen molar-refractivity contribution in [3.63, 3.8) is 0 Å². The van der Waals surface area contributed by atoms with E-state index in [0.29, 0.717) is 29.0 Å². The second-order valence-corrected chi connectivity index (χ2v) is 11.3. The molecule has 0 aliphatic carbocycles. The number of amides is 3. The quantitative estimate of drug-likeness (QED) is 0.149. The van der Waals surface area contributed by atoms with Gasteiger partial charge in [-0.25, -0.2) is 13.6 Å². The first-order chi connectivity index (χ1) is 22.0. The molecule has 1 fully saturated rings. The van der Waals surface area contributed by atoms with Crippen LogP contribution < -0.4 is 15.4 Å². The number of aromatic carboxylic acids is 1. The van der Waals surface area contributed by atoms with E-state index < -0.39 is 35.2 Å². The third-order valence-corrected chi connectivity index (χ3v) is 7.83. The summed E-state index contributed by atoms with van der Waals surface area (Å²) in [6.07, 6.45) is 4.23. The molecule has 0 aromatic heterocycles. The molecule has 238 valence electrons. The van der Waals surface area contributed by atoms with Gasteiger partial charge in [-0.2, -0.15) is 0 Å². The first kappa shape index (κ1) is 33.8. The van der Waals surface area contributed by atoms with E-state index in [1.807, 2.05) is 0 Å². The molecule has 1 saturated heterocycles. The van der Waals surface area contributed by atoms with Crippen molar-refractivity contribution in [3.05, 3.63) is 94.4 Å². The van der Waals surface area contributed by atoms with E-state index in [9.17, 15) is 33.1 Å². The number of carbonyl (C=O) groups excluding carboxylic acids is 3. The van der Waals surface area contributed by atoms with Gasteiger partial charge in [0.2, 0.25) is 11.8 Å². The van der Waals surface area contributed by atoms with Gasteiger partial charge in [-0.3, -0.25) is 19.3 Å². The second kappa shape index (κ2) is 15.3. The Morgan fingerprint density at radius 3 is 2.48 bits per heavy atom. The Balaban J connectivity index is 1.51. The first-order valence-electron chi connectivity index (χ1n) is 13.7. The lowest BCUT2D eigenvalue weighted by atomic mass is 10.0. The lowest BCUT2D eigenvalue weighted by Crippen LogP contribution is -2.31. The average Bonchev–Trinajstić information content (AvgIpc) is 3.27. The molecule has 0 radical (unpaired) electrons. The van der Waals surface area contributed by atoms with Crippen LogP contribution >= 0.6 is 24.0 Å². The minimum absolute atomic E-state index is 0.0232. The summed E-state index contributed by atoms with van der Waals surface area (Å²) in [7, 11) is 0. The van der Waals surface area contributed by atoms with Crippen molar-refractivity contribution in [2.24, 2.45) is 0 Å². The van der Waals surface area contributed by atoms with Crippen LogP contribution in [0, 0.1) is 11.6 Å². The summed E-state index contributed by atoms with van der Waals surface area (Å²) < 4.78 is 33.6. The number of phenols is 1. The van der Waals surface area contributed by atoms with Crippen molar-refractivity contribution in [2.75, 3.05) is 25.0 Å². The predicted molar refractivity (Wildman–Crippen MR) is 173 cm³/mol. The number of hydrogen-bond acceptors (Lipinski definition) is 8. The number of halogens is 2. The number of hydrogen-bond donors (Lipinski definition) is 4. The highest BCUT2D eigenvalue weighted by molar-refractivity contribution is 8.26. The standard InChI is InChI=1S/C32H27F2N3O7S2/c1-2-35-28(39)4-3-13-44-26-10-6-18(19-5-9-23(33)24(34)15-19)14-20(26)16-27-30(41)37(32(45)46-27)12-11-29(40)36-21-7-8-22(31(42)43)25(38)17-21/h3-10,14-17,38H,2,11-13H2,1H3,(H,35,39)(H,36,40)(H,42,43)/b4-3+,27-16-. The molecule has 4 N–H and O–H groups in total. The largest absolute Gasteiger partial charge is 0.507 e. The number of anilines is 1. The van der Waals surface area contributed by atoms with Gasteiger partial charge in [-0.15, -0.1) is 0 Å². The molecule has 3 amide bonds. The van der Waals surface area contributed by atoms with Gasteiger partial charge in [0.25, 0.3) is 5.91 Å². The zero-order valence-corrected chi connectivity index (χ0v) is 25.8. The highest BCUT2D eigenvalue weighted by Crippen LogP contribution is 2.36. The summed E-state index contributed by atoms with van der Waals surface area (Å²) in [5, 5.41) is 24.1. The van der Waals surface area contributed by atoms with Gasteiger partial charge in [-0.1, -0.05) is 36.1 Å². The maximum atomic E-state index is 14.0. The monoisotopic (exact) mass is 667 g/mol. The Morgan fingerprint density at radius 2 is 1.78 bits per heavy atom. The molecule has 46 heavy (non-hydrogen) atoms. The smallest absolute Gasteiger partial charge is 0.339 e. The molecule has 3 aromatic carbocycles. The zero-order valence-electron chi connectivity index (χ0n) is 24.2. The van der Waals surface area contributed by atoms with E-state index >= 15 is 0 Å². The minimum atomic E-state index is -1.32. The number of aromatic hydroxyl groups is 1. The molecular formula is C32H27F2N3O7S2. The first-order valence-corrected chi connectivity index (χ1v) is 15.0. The van der Waals surface area contributed by atoms with Crippen LogP contribution in [0.1, 0.15) is 29.3 Å². The molecule has 4 rings (SSSR count). The number of carboxylic acids is 1. The summed E-state index contributed by atoms with van der Waals surface area (Å²) >= 11 is 6.40. The molecule has 0 spiro atoms. The average molecular weight is 668 g/mol. The summed E-state index contributed by atoms with van der Waals surface area (Å²) in [5.74, 6) is -4.76. The molecule has 0 bridgehead atoms. The number of thiocarbonyl (C=S) groups is 1. The fourth-order valence-electron chi connectivity index (χ4n) is 4.24. The van der Waals surface area contributed by atoms with Crippen molar-refractivity contribution in [1.29, 1.82) is 0 Å².